The number of aromatic nitrogens is 1. The summed E-state index contributed by atoms with van der Waals surface area (Å²) < 4.78 is 18.5. The number of benzene rings is 2. The van der Waals surface area contributed by atoms with Gasteiger partial charge in [-0.15, -0.1) is 0 Å². The van der Waals surface area contributed by atoms with Crippen LogP contribution in [0.5, 0.6) is 17.2 Å². The van der Waals surface area contributed by atoms with Gasteiger partial charge in [-0.3, -0.25) is 9.69 Å². The largest absolute Gasteiger partial charge is 0.490 e. The number of fused-ring (bicyclic) bond motifs is 1. The summed E-state index contributed by atoms with van der Waals surface area (Å²) in [5.41, 5.74) is 2.63. The molecule has 0 aliphatic carbocycles. The Morgan fingerprint density at radius 2 is 1.56 bits per heavy atom. The van der Waals surface area contributed by atoms with Crippen LogP contribution in [0.1, 0.15) is 43.6 Å². The molecule has 0 bridgehead atoms. The Bertz CT molecular complexity index is 1090. The van der Waals surface area contributed by atoms with Gasteiger partial charge in [-0.2, -0.15) is 0 Å². The van der Waals surface area contributed by atoms with Gasteiger partial charge in [0.2, 0.25) is 5.75 Å². The van der Waals surface area contributed by atoms with Gasteiger partial charge in [0.05, 0.1) is 30.0 Å². The molecule has 3 aromatic rings. The average molecular weight is 486 g/mol. The smallest absolute Gasteiger partial charge is 0.260 e. The fraction of sp³-hybridized carbons (Fsp3) is 0.462. The molecule has 0 unspecified atom stereocenters. The number of ether oxygens (including phenoxy) is 3. The topological polar surface area (TPSA) is 64.1 Å². The van der Waals surface area contributed by atoms with Gasteiger partial charge < -0.3 is 19.1 Å². The Labute approximate surface area is 206 Å². The number of amides is 1. The van der Waals surface area contributed by atoms with Crippen LogP contribution in [0.15, 0.2) is 30.3 Å². The van der Waals surface area contributed by atoms with Crippen LogP contribution < -0.4 is 19.1 Å². The number of nitrogens with zero attached hydrogens (tertiary/aromatic N) is 3. The molecule has 0 aliphatic heterocycles. The van der Waals surface area contributed by atoms with Crippen molar-refractivity contribution < 1.29 is 19.0 Å². The predicted molar refractivity (Wildman–Crippen MR) is 139 cm³/mol. The minimum atomic E-state index is -0.151. The van der Waals surface area contributed by atoms with Gasteiger partial charge in [0, 0.05) is 18.7 Å². The molecule has 0 fully saturated rings. The standard InChI is InChI=1S/C26H35N3O4S/c1-7-18-11-12-20-23(15-18)34-26(27-20)29(14-13-28(5)6)25(30)19-16-21(31-8-2)24(33-10-4)22(17-19)32-9-3/h11-12,15-17H,7-10,13-14H2,1-6H3. The highest BCUT2D eigenvalue weighted by Crippen LogP contribution is 2.40. The number of rotatable bonds is 12. The average Bonchev–Trinajstić information content (AvgIpc) is 3.23. The van der Waals surface area contributed by atoms with E-state index in [-0.39, 0.29) is 5.91 Å². The first-order valence-corrected chi connectivity index (χ1v) is 12.7. The monoisotopic (exact) mass is 485 g/mol. The fourth-order valence-electron chi connectivity index (χ4n) is 3.54. The Kier molecular flexibility index (Phi) is 9.12. The summed E-state index contributed by atoms with van der Waals surface area (Å²) in [6, 6.07) is 9.75. The van der Waals surface area contributed by atoms with Crippen LogP contribution in [0.2, 0.25) is 0 Å². The summed E-state index contributed by atoms with van der Waals surface area (Å²) in [4.78, 5) is 22.5. The van der Waals surface area contributed by atoms with E-state index in [2.05, 4.69) is 24.0 Å². The second-order valence-corrected chi connectivity index (χ2v) is 9.02. The number of anilines is 1. The second kappa shape index (κ2) is 12.0. The summed E-state index contributed by atoms with van der Waals surface area (Å²) in [6.45, 7) is 10.4. The van der Waals surface area contributed by atoms with Gasteiger partial charge in [0.1, 0.15) is 0 Å². The molecule has 34 heavy (non-hydrogen) atoms. The summed E-state index contributed by atoms with van der Waals surface area (Å²) in [6.07, 6.45) is 0.957. The molecule has 8 heteroatoms. The molecule has 0 radical (unpaired) electrons. The first kappa shape index (κ1) is 25.8. The van der Waals surface area contributed by atoms with Crippen molar-refractivity contribution in [1.82, 2.24) is 9.88 Å². The van der Waals surface area contributed by atoms with Crippen LogP contribution in [-0.2, 0) is 6.42 Å². The number of likely N-dealkylation sites (N-methyl/N-ethyl adjacent to an activating group) is 1. The molecule has 3 rings (SSSR count). The molecule has 0 aliphatic rings. The number of hydrogen-bond acceptors (Lipinski definition) is 7. The number of hydrogen-bond donors (Lipinski definition) is 0. The molecule has 1 amide bonds. The van der Waals surface area contributed by atoms with Gasteiger partial charge in [0.25, 0.3) is 5.91 Å². The lowest BCUT2D eigenvalue weighted by Gasteiger charge is -2.23. The van der Waals surface area contributed by atoms with Gasteiger partial charge >= 0.3 is 0 Å². The highest BCUT2D eigenvalue weighted by atomic mass is 32.1. The van der Waals surface area contributed by atoms with E-state index >= 15 is 0 Å². The predicted octanol–water partition coefficient (Wildman–Crippen LogP) is 5.26. The molecule has 7 nitrogen and oxygen atoms in total. The van der Waals surface area contributed by atoms with E-state index in [1.54, 1.807) is 17.0 Å². The first-order valence-electron chi connectivity index (χ1n) is 11.8. The maximum absolute atomic E-state index is 13.9. The summed E-state index contributed by atoms with van der Waals surface area (Å²) in [5.74, 6) is 1.38. The Hall–Kier alpha value is -2.84. The van der Waals surface area contributed by atoms with Crippen LogP contribution in [0.4, 0.5) is 5.13 Å². The van der Waals surface area contributed by atoms with Crippen molar-refractivity contribution in [3.05, 3.63) is 41.5 Å². The van der Waals surface area contributed by atoms with E-state index in [1.807, 2.05) is 40.9 Å². The van der Waals surface area contributed by atoms with Crippen LogP contribution in [0.25, 0.3) is 10.2 Å². The lowest BCUT2D eigenvalue weighted by Crippen LogP contribution is -2.36. The van der Waals surface area contributed by atoms with E-state index in [0.717, 1.165) is 16.6 Å². The van der Waals surface area contributed by atoms with E-state index in [0.29, 0.717) is 60.9 Å². The number of carbonyl (C=O) groups is 1. The lowest BCUT2D eigenvalue weighted by atomic mass is 10.1. The Morgan fingerprint density at radius 1 is 0.912 bits per heavy atom. The minimum Gasteiger partial charge on any atom is -0.490 e. The van der Waals surface area contributed by atoms with Crippen molar-refractivity contribution in [2.24, 2.45) is 0 Å². The molecule has 184 valence electrons. The van der Waals surface area contributed by atoms with Crippen LogP contribution >= 0.6 is 11.3 Å². The van der Waals surface area contributed by atoms with Gasteiger partial charge in [-0.05, 0) is 71.1 Å². The van der Waals surface area contributed by atoms with Crippen molar-refractivity contribution >= 4 is 32.6 Å². The normalized spacial score (nSPS) is 11.1. The number of thiazole rings is 1. The molecule has 0 N–H and O–H groups in total. The quantitative estimate of drug-likeness (QED) is 0.349. The maximum Gasteiger partial charge on any atom is 0.260 e. The second-order valence-electron chi connectivity index (χ2n) is 8.01. The first-order chi connectivity index (χ1) is 16.4. The lowest BCUT2D eigenvalue weighted by molar-refractivity contribution is 0.0984. The zero-order valence-electron chi connectivity index (χ0n) is 21.0. The molecule has 2 aromatic carbocycles. The zero-order valence-corrected chi connectivity index (χ0v) is 21.8. The molecule has 1 heterocycles. The number of carbonyl (C=O) groups excluding carboxylic acids is 1. The SMILES string of the molecule is CCOc1cc(C(=O)N(CCN(C)C)c2nc3ccc(CC)cc3s2)cc(OCC)c1OCC. The van der Waals surface area contributed by atoms with Crippen molar-refractivity contribution in [3.8, 4) is 17.2 Å². The molecule has 0 atom stereocenters. The molecule has 0 saturated carbocycles. The van der Waals surface area contributed by atoms with E-state index in [9.17, 15) is 4.79 Å². The molecule has 0 spiro atoms. The van der Waals surface area contributed by atoms with Crippen molar-refractivity contribution in [3.63, 3.8) is 0 Å². The molecular weight excluding hydrogens is 450 g/mol. The third kappa shape index (κ3) is 5.98. The van der Waals surface area contributed by atoms with Crippen molar-refractivity contribution in [2.45, 2.75) is 34.1 Å². The molecule has 0 saturated heterocycles. The van der Waals surface area contributed by atoms with Gasteiger partial charge in [-0.1, -0.05) is 24.3 Å². The van der Waals surface area contributed by atoms with Crippen molar-refractivity contribution in [1.29, 1.82) is 0 Å². The van der Waals surface area contributed by atoms with Crippen LogP contribution in [0, 0.1) is 0 Å². The highest BCUT2D eigenvalue weighted by molar-refractivity contribution is 7.22. The van der Waals surface area contributed by atoms with Crippen LogP contribution in [0.3, 0.4) is 0 Å². The van der Waals surface area contributed by atoms with Crippen LogP contribution in [-0.4, -0.2) is 62.8 Å². The number of aryl methyl sites for hydroxylation is 1. The summed E-state index contributed by atoms with van der Waals surface area (Å²) in [7, 11) is 3.98. The minimum absolute atomic E-state index is 0.151. The third-order valence-electron chi connectivity index (χ3n) is 5.25. The molecular formula is C26H35N3O4S. The Balaban J connectivity index is 2.07. The van der Waals surface area contributed by atoms with E-state index in [1.165, 1.54) is 16.9 Å². The molecule has 1 aromatic heterocycles. The summed E-state index contributed by atoms with van der Waals surface area (Å²) >= 11 is 1.54. The Morgan fingerprint density at radius 3 is 2.12 bits per heavy atom. The van der Waals surface area contributed by atoms with Crippen molar-refractivity contribution in [2.75, 3.05) is 51.9 Å². The van der Waals surface area contributed by atoms with E-state index < -0.39 is 0 Å². The third-order valence-corrected chi connectivity index (χ3v) is 6.29. The highest BCUT2D eigenvalue weighted by Gasteiger charge is 2.25. The van der Waals surface area contributed by atoms with Gasteiger partial charge in [-0.25, -0.2) is 4.98 Å². The maximum atomic E-state index is 13.9. The fourth-order valence-corrected chi connectivity index (χ4v) is 4.60. The van der Waals surface area contributed by atoms with Gasteiger partial charge in [0.15, 0.2) is 16.6 Å². The van der Waals surface area contributed by atoms with E-state index in [4.69, 9.17) is 19.2 Å². The zero-order chi connectivity index (χ0) is 24.7. The summed E-state index contributed by atoms with van der Waals surface area (Å²) in [5, 5.41) is 0.680.